The van der Waals surface area contributed by atoms with Gasteiger partial charge in [-0.25, -0.2) is 4.79 Å². The third-order valence-corrected chi connectivity index (χ3v) is 5.29. The van der Waals surface area contributed by atoms with Crippen molar-refractivity contribution in [2.24, 2.45) is 0 Å². The highest BCUT2D eigenvalue weighted by Crippen LogP contribution is 2.33. The standard InChI is InChI=1S/C22H23N3O4/c1-12-9-24-15(10-23-12)11-25-21(26)14(3)28-19-8-7-17-16-5-4-6-18(16)22(27)29-20(17)13(19)2/h7-10,14H,4-6,11H2,1-3H3,(H,25,26). The van der Waals surface area contributed by atoms with E-state index in [1.54, 1.807) is 19.3 Å². The molecule has 0 aliphatic heterocycles. The number of benzene rings is 1. The second-order valence-electron chi connectivity index (χ2n) is 7.39. The van der Waals surface area contributed by atoms with Gasteiger partial charge in [0, 0.05) is 22.7 Å². The maximum atomic E-state index is 12.4. The van der Waals surface area contributed by atoms with Crippen LogP contribution < -0.4 is 15.7 Å². The summed E-state index contributed by atoms with van der Waals surface area (Å²) in [5.41, 5.74) is 4.35. The first-order valence-electron chi connectivity index (χ1n) is 9.74. The highest BCUT2D eigenvalue weighted by Gasteiger charge is 2.22. The largest absolute Gasteiger partial charge is 0.480 e. The number of aromatic nitrogens is 2. The van der Waals surface area contributed by atoms with Crippen LogP contribution in [0, 0.1) is 13.8 Å². The lowest BCUT2D eigenvalue weighted by Gasteiger charge is -2.17. The minimum atomic E-state index is -0.717. The van der Waals surface area contributed by atoms with Gasteiger partial charge >= 0.3 is 5.63 Å². The number of hydrogen-bond acceptors (Lipinski definition) is 6. The van der Waals surface area contributed by atoms with Crippen molar-refractivity contribution in [2.75, 3.05) is 0 Å². The molecule has 1 atom stereocenters. The van der Waals surface area contributed by atoms with E-state index in [0.29, 0.717) is 17.0 Å². The molecule has 4 rings (SSSR count). The number of rotatable bonds is 5. The lowest BCUT2D eigenvalue weighted by molar-refractivity contribution is -0.127. The zero-order chi connectivity index (χ0) is 20.5. The molecule has 0 bridgehead atoms. The molecule has 7 nitrogen and oxygen atoms in total. The summed E-state index contributed by atoms with van der Waals surface area (Å²) in [6.45, 7) is 5.65. The van der Waals surface area contributed by atoms with E-state index in [4.69, 9.17) is 9.15 Å². The van der Waals surface area contributed by atoms with Crippen LogP contribution in [0.25, 0.3) is 11.0 Å². The van der Waals surface area contributed by atoms with Crippen LogP contribution in [-0.4, -0.2) is 22.0 Å². The van der Waals surface area contributed by atoms with Gasteiger partial charge in [0.15, 0.2) is 6.10 Å². The Labute approximate surface area is 168 Å². The Morgan fingerprint density at radius 3 is 2.76 bits per heavy atom. The minimum absolute atomic E-state index is 0.262. The Hall–Kier alpha value is -3.22. The molecular weight excluding hydrogens is 370 g/mol. The summed E-state index contributed by atoms with van der Waals surface area (Å²) in [4.78, 5) is 33.1. The first kappa shape index (κ1) is 19.1. The van der Waals surface area contributed by atoms with Crippen molar-refractivity contribution in [1.82, 2.24) is 15.3 Å². The molecule has 0 radical (unpaired) electrons. The summed E-state index contributed by atoms with van der Waals surface area (Å²) < 4.78 is 11.5. The van der Waals surface area contributed by atoms with Crippen molar-refractivity contribution in [1.29, 1.82) is 0 Å². The van der Waals surface area contributed by atoms with Crippen molar-refractivity contribution < 1.29 is 13.9 Å². The van der Waals surface area contributed by atoms with Crippen LogP contribution in [0.5, 0.6) is 5.75 Å². The SMILES string of the molecule is Cc1cnc(CNC(=O)C(C)Oc2ccc3c4c(c(=O)oc3c2C)CCC4)cn1. The van der Waals surface area contributed by atoms with Crippen molar-refractivity contribution in [3.8, 4) is 5.75 Å². The number of nitrogens with one attached hydrogen (secondary N) is 1. The number of carbonyl (C=O) groups excluding carboxylic acids is 1. The summed E-state index contributed by atoms with van der Waals surface area (Å²) in [6, 6.07) is 3.75. The zero-order valence-corrected chi connectivity index (χ0v) is 16.7. The summed E-state index contributed by atoms with van der Waals surface area (Å²) in [5.74, 6) is 0.263. The lowest BCUT2D eigenvalue weighted by atomic mass is 10.0. The molecule has 29 heavy (non-hydrogen) atoms. The minimum Gasteiger partial charge on any atom is -0.480 e. The van der Waals surface area contributed by atoms with E-state index in [1.165, 1.54) is 0 Å². The molecule has 1 aromatic carbocycles. The smallest absolute Gasteiger partial charge is 0.339 e. The van der Waals surface area contributed by atoms with Gasteiger partial charge in [-0.15, -0.1) is 0 Å². The van der Waals surface area contributed by atoms with Gasteiger partial charge in [-0.2, -0.15) is 0 Å². The molecule has 7 heteroatoms. The van der Waals surface area contributed by atoms with Gasteiger partial charge in [-0.1, -0.05) is 0 Å². The molecule has 150 valence electrons. The number of ether oxygens (including phenoxy) is 1. The Bertz CT molecular complexity index is 1140. The maximum Gasteiger partial charge on any atom is 0.339 e. The highest BCUT2D eigenvalue weighted by molar-refractivity contribution is 5.86. The summed E-state index contributed by atoms with van der Waals surface area (Å²) in [5, 5.41) is 3.75. The van der Waals surface area contributed by atoms with Crippen LogP contribution in [0.3, 0.4) is 0 Å². The second kappa shape index (κ2) is 7.66. The maximum absolute atomic E-state index is 12.4. The third-order valence-electron chi connectivity index (χ3n) is 5.29. The number of aryl methyl sites for hydroxylation is 3. The molecule has 2 heterocycles. The third kappa shape index (κ3) is 3.72. The van der Waals surface area contributed by atoms with Crippen LogP contribution in [0.4, 0.5) is 0 Å². The first-order valence-corrected chi connectivity index (χ1v) is 9.74. The number of hydrogen-bond donors (Lipinski definition) is 1. The van der Waals surface area contributed by atoms with E-state index < -0.39 is 6.10 Å². The van der Waals surface area contributed by atoms with Crippen molar-refractivity contribution in [3.05, 3.63) is 63.0 Å². The fourth-order valence-electron chi connectivity index (χ4n) is 3.67. The van der Waals surface area contributed by atoms with Crippen LogP contribution in [0.1, 0.15) is 41.4 Å². The number of amides is 1. The number of carbonyl (C=O) groups is 1. The normalized spacial score (nSPS) is 13.9. The van der Waals surface area contributed by atoms with Crippen LogP contribution >= 0.6 is 0 Å². The van der Waals surface area contributed by atoms with Gasteiger partial charge in [-0.05, 0) is 57.7 Å². The van der Waals surface area contributed by atoms with Crippen LogP contribution in [0.15, 0.2) is 33.7 Å². The molecule has 3 aromatic rings. The molecule has 1 unspecified atom stereocenters. The molecular formula is C22H23N3O4. The van der Waals surface area contributed by atoms with Crippen molar-refractivity contribution >= 4 is 16.9 Å². The number of fused-ring (bicyclic) bond motifs is 3. The molecule has 2 aromatic heterocycles. The Morgan fingerprint density at radius 2 is 2.00 bits per heavy atom. The van der Waals surface area contributed by atoms with Gasteiger partial charge in [0.25, 0.3) is 5.91 Å². The zero-order valence-electron chi connectivity index (χ0n) is 16.7. The average Bonchev–Trinajstić information content (AvgIpc) is 3.21. The van der Waals surface area contributed by atoms with E-state index >= 15 is 0 Å². The molecule has 1 aliphatic rings. The van der Waals surface area contributed by atoms with Gasteiger partial charge in [0.05, 0.1) is 24.1 Å². The lowest BCUT2D eigenvalue weighted by Crippen LogP contribution is -2.36. The highest BCUT2D eigenvalue weighted by atomic mass is 16.5. The van der Waals surface area contributed by atoms with Crippen LogP contribution in [0.2, 0.25) is 0 Å². The molecule has 0 fully saturated rings. The van der Waals surface area contributed by atoms with Gasteiger partial charge in [-0.3, -0.25) is 14.8 Å². The quantitative estimate of drug-likeness (QED) is 0.670. The molecule has 0 saturated heterocycles. The van der Waals surface area contributed by atoms with E-state index in [0.717, 1.165) is 47.0 Å². The van der Waals surface area contributed by atoms with E-state index in [2.05, 4.69) is 15.3 Å². The molecule has 0 saturated carbocycles. The number of nitrogens with zero attached hydrogens (tertiary/aromatic N) is 2. The van der Waals surface area contributed by atoms with Gasteiger partial charge in [0.1, 0.15) is 11.3 Å². The summed E-state index contributed by atoms with van der Waals surface area (Å²) in [7, 11) is 0. The fourth-order valence-corrected chi connectivity index (χ4v) is 3.67. The average molecular weight is 393 g/mol. The predicted molar refractivity (Wildman–Crippen MR) is 108 cm³/mol. The topological polar surface area (TPSA) is 94.3 Å². The van der Waals surface area contributed by atoms with Crippen LogP contribution in [-0.2, 0) is 24.2 Å². The Morgan fingerprint density at radius 1 is 1.21 bits per heavy atom. The predicted octanol–water partition coefficient (Wildman–Crippen LogP) is 2.77. The van der Waals surface area contributed by atoms with E-state index in [-0.39, 0.29) is 18.1 Å². The molecule has 1 aliphatic carbocycles. The monoisotopic (exact) mass is 393 g/mol. The second-order valence-corrected chi connectivity index (χ2v) is 7.39. The molecule has 1 N–H and O–H groups in total. The van der Waals surface area contributed by atoms with Crippen molar-refractivity contribution in [2.45, 2.75) is 52.7 Å². The molecule has 0 spiro atoms. The van der Waals surface area contributed by atoms with Crippen molar-refractivity contribution in [3.63, 3.8) is 0 Å². The summed E-state index contributed by atoms with van der Waals surface area (Å²) >= 11 is 0. The first-order chi connectivity index (χ1) is 13.9. The molecule has 1 amide bonds. The van der Waals surface area contributed by atoms with Gasteiger partial charge < -0.3 is 14.5 Å². The van der Waals surface area contributed by atoms with E-state index in [1.807, 2.05) is 26.0 Å². The fraction of sp³-hybridized carbons (Fsp3) is 0.364. The Kier molecular flexibility index (Phi) is 5.05. The summed E-state index contributed by atoms with van der Waals surface area (Å²) in [6.07, 6.45) is 5.20. The van der Waals surface area contributed by atoms with Gasteiger partial charge in [0.2, 0.25) is 0 Å². The Balaban J connectivity index is 1.50. The van der Waals surface area contributed by atoms with E-state index in [9.17, 15) is 9.59 Å².